The highest BCUT2D eigenvalue weighted by atomic mass is 35.5. The van der Waals surface area contributed by atoms with E-state index in [0.717, 1.165) is 35.3 Å². The number of rotatable bonds is 5. The van der Waals surface area contributed by atoms with Gasteiger partial charge in [0.25, 0.3) is 0 Å². The van der Waals surface area contributed by atoms with Crippen molar-refractivity contribution in [1.82, 2.24) is 14.5 Å². The highest BCUT2D eigenvalue weighted by Gasteiger charge is 2.24. The molecule has 1 N–H and O–H groups in total. The summed E-state index contributed by atoms with van der Waals surface area (Å²) in [6.45, 7) is 1.44. The largest absolute Gasteiger partial charge is 0.445 e. The molecule has 2 heterocycles. The molecule has 4 rings (SSSR count). The van der Waals surface area contributed by atoms with Gasteiger partial charge in [0.1, 0.15) is 6.61 Å². The minimum atomic E-state index is -0.312. The van der Waals surface area contributed by atoms with Gasteiger partial charge in [0, 0.05) is 47.5 Å². The van der Waals surface area contributed by atoms with Crippen LogP contribution in [0.5, 0.6) is 0 Å². The zero-order valence-electron chi connectivity index (χ0n) is 17.2. The van der Waals surface area contributed by atoms with Crippen LogP contribution in [0.1, 0.15) is 18.4 Å². The Morgan fingerprint density at radius 2 is 1.90 bits per heavy atom. The van der Waals surface area contributed by atoms with Crippen molar-refractivity contribution in [2.75, 3.05) is 18.4 Å². The molecule has 1 aliphatic heterocycles. The molecule has 1 aliphatic rings. The van der Waals surface area contributed by atoms with E-state index in [1.54, 1.807) is 29.4 Å². The van der Waals surface area contributed by atoms with Gasteiger partial charge in [-0.2, -0.15) is 0 Å². The lowest BCUT2D eigenvalue weighted by Crippen LogP contribution is -2.42. The molecule has 0 radical (unpaired) electrons. The Bertz CT molecular complexity index is 1040. The molecule has 0 bridgehead atoms. The predicted molar refractivity (Wildman–Crippen MR) is 124 cm³/mol. The highest BCUT2D eigenvalue weighted by Crippen LogP contribution is 2.24. The molecule has 162 valence electrons. The summed E-state index contributed by atoms with van der Waals surface area (Å²) >= 11 is 12.0. The van der Waals surface area contributed by atoms with E-state index in [9.17, 15) is 4.79 Å². The molecule has 0 unspecified atom stereocenters. The molecule has 31 heavy (non-hydrogen) atoms. The van der Waals surface area contributed by atoms with Crippen molar-refractivity contribution >= 4 is 35.0 Å². The average molecular weight is 459 g/mol. The van der Waals surface area contributed by atoms with Crippen molar-refractivity contribution in [2.45, 2.75) is 25.5 Å². The number of anilines is 1. The fraction of sp³-hybridized carbons (Fsp3) is 0.304. The number of benzene rings is 2. The van der Waals surface area contributed by atoms with Crippen molar-refractivity contribution in [3.05, 3.63) is 70.6 Å². The molecule has 1 amide bonds. The number of aromatic nitrogens is 2. The van der Waals surface area contributed by atoms with Crippen LogP contribution >= 0.6 is 23.2 Å². The molecule has 3 aromatic rings. The van der Waals surface area contributed by atoms with E-state index in [1.807, 2.05) is 23.9 Å². The number of hydrogen-bond donors (Lipinski definition) is 1. The van der Waals surface area contributed by atoms with Gasteiger partial charge in [-0.3, -0.25) is 0 Å². The Hall–Kier alpha value is -2.70. The zero-order chi connectivity index (χ0) is 21.8. The molecule has 1 aromatic heterocycles. The van der Waals surface area contributed by atoms with Crippen LogP contribution in [0.4, 0.5) is 10.5 Å². The maximum Gasteiger partial charge on any atom is 0.410 e. The lowest BCUT2D eigenvalue weighted by atomic mass is 10.0. The monoisotopic (exact) mass is 458 g/mol. The smallest absolute Gasteiger partial charge is 0.410 e. The van der Waals surface area contributed by atoms with E-state index < -0.39 is 0 Å². The van der Waals surface area contributed by atoms with Crippen LogP contribution in [0.25, 0.3) is 11.3 Å². The summed E-state index contributed by atoms with van der Waals surface area (Å²) in [4.78, 5) is 18.4. The fourth-order valence-corrected chi connectivity index (χ4v) is 4.35. The van der Waals surface area contributed by atoms with Gasteiger partial charge in [-0.25, -0.2) is 9.78 Å². The number of carbonyl (C=O) groups is 1. The van der Waals surface area contributed by atoms with E-state index in [1.165, 1.54) is 0 Å². The summed E-state index contributed by atoms with van der Waals surface area (Å²) in [5.41, 5.74) is 4.03. The first-order valence-corrected chi connectivity index (χ1v) is 10.9. The van der Waals surface area contributed by atoms with Crippen LogP contribution in [-0.4, -0.2) is 39.7 Å². The fourth-order valence-electron chi connectivity index (χ4n) is 3.78. The number of nitrogens with one attached hydrogen (secondary N) is 1. The third-order valence-corrected chi connectivity index (χ3v) is 5.82. The van der Waals surface area contributed by atoms with Crippen molar-refractivity contribution in [3.8, 4) is 11.3 Å². The lowest BCUT2D eigenvalue weighted by molar-refractivity contribution is 0.0882. The maximum absolute atomic E-state index is 12.4. The summed E-state index contributed by atoms with van der Waals surface area (Å²) < 4.78 is 7.44. The lowest BCUT2D eigenvalue weighted by Gasteiger charge is -2.32. The first kappa shape index (κ1) is 21.5. The van der Waals surface area contributed by atoms with E-state index in [-0.39, 0.29) is 12.7 Å². The van der Waals surface area contributed by atoms with E-state index in [4.69, 9.17) is 27.9 Å². The number of hydrogen-bond acceptors (Lipinski definition) is 4. The second-order valence-electron chi connectivity index (χ2n) is 7.71. The number of halogens is 2. The summed E-state index contributed by atoms with van der Waals surface area (Å²) in [5.74, 6) is 0. The average Bonchev–Trinajstić information content (AvgIpc) is 3.18. The van der Waals surface area contributed by atoms with Gasteiger partial charge in [-0.1, -0.05) is 35.3 Å². The molecular weight excluding hydrogens is 435 g/mol. The van der Waals surface area contributed by atoms with Crippen molar-refractivity contribution in [1.29, 1.82) is 0 Å². The summed E-state index contributed by atoms with van der Waals surface area (Å²) in [6, 6.07) is 13.8. The van der Waals surface area contributed by atoms with Crippen LogP contribution in [0, 0.1) is 0 Å². The first-order chi connectivity index (χ1) is 15.0. The van der Waals surface area contributed by atoms with Crippen LogP contribution in [0.15, 0.2) is 55.0 Å². The third-order valence-electron chi connectivity index (χ3n) is 5.38. The highest BCUT2D eigenvalue weighted by molar-refractivity contribution is 6.34. The summed E-state index contributed by atoms with van der Waals surface area (Å²) in [6.07, 6.45) is 5.06. The number of ether oxygens (including phenoxy) is 1. The Morgan fingerprint density at radius 3 is 2.58 bits per heavy atom. The van der Waals surface area contributed by atoms with Gasteiger partial charge in [0.2, 0.25) is 0 Å². The second-order valence-corrected chi connectivity index (χ2v) is 8.58. The molecule has 1 fully saturated rings. The predicted octanol–water partition coefficient (Wildman–Crippen LogP) is 5.61. The van der Waals surface area contributed by atoms with Gasteiger partial charge in [-0.05, 0) is 48.7 Å². The van der Waals surface area contributed by atoms with Crippen molar-refractivity contribution < 1.29 is 9.53 Å². The Labute approximate surface area is 191 Å². The van der Waals surface area contributed by atoms with Crippen LogP contribution < -0.4 is 5.32 Å². The molecule has 0 saturated carbocycles. The van der Waals surface area contributed by atoms with E-state index >= 15 is 0 Å². The van der Waals surface area contributed by atoms with Gasteiger partial charge in [0.05, 0.1) is 18.2 Å². The Morgan fingerprint density at radius 1 is 1.16 bits per heavy atom. The number of piperidine rings is 1. The standard InChI is InChI=1S/C23H24Cl2N4O2/c1-28-15-26-13-22(28)17-3-2-4-21(11-17)27-20-5-7-29(8-6-20)23(30)31-14-16-9-18(24)12-19(25)10-16/h2-4,9-13,15,20,27H,5-8,14H2,1H3. The molecule has 8 heteroatoms. The van der Waals surface area contributed by atoms with Crippen LogP contribution in [0.3, 0.4) is 0 Å². The molecule has 0 spiro atoms. The number of amides is 1. The SMILES string of the molecule is Cn1cncc1-c1cccc(NC2CCN(C(=O)OCc3cc(Cl)cc(Cl)c3)CC2)c1. The van der Waals surface area contributed by atoms with Crippen LogP contribution in [-0.2, 0) is 18.4 Å². The van der Waals surface area contributed by atoms with Crippen molar-refractivity contribution in [3.63, 3.8) is 0 Å². The molecule has 1 saturated heterocycles. The zero-order valence-corrected chi connectivity index (χ0v) is 18.7. The Kier molecular flexibility index (Phi) is 6.68. The normalized spacial score (nSPS) is 14.5. The van der Waals surface area contributed by atoms with Gasteiger partial charge in [0.15, 0.2) is 0 Å². The van der Waals surface area contributed by atoms with E-state index in [2.05, 4.69) is 28.5 Å². The number of imidazole rings is 1. The minimum absolute atomic E-state index is 0.151. The first-order valence-electron chi connectivity index (χ1n) is 10.2. The number of aryl methyl sites for hydroxylation is 1. The number of likely N-dealkylation sites (tertiary alicyclic amines) is 1. The molecular formula is C23H24Cl2N4O2. The summed E-state index contributed by atoms with van der Waals surface area (Å²) in [5, 5.41) is 4.65. The third kappa shape index (κ3) is 5.51. The van der Waals surface area contributed by atoms with Gasteiger partial charge >= 0.3 is 6.09 Å². The minimum Gasteiger partial charge on any atom is -0.445 e. The number of nitrogens with zero attached hydrogens (tertiary/aromatic N) is 3. The van der Waals surface area contributed by atoms with Crippen LogP contribution in [0.2, 0.25) is 10.0 Å². The van der Waals surface area contributed by atoms with E-state index in [0.29, 0.717) is 29.2 Å². The molecule has 0 aliphatic carbocycles. The molecule has 0 atom stereocenters. The topological polar surface area (TPSA) is 59.4 Å². The van der Waals surface area contributed by atoms with Gasteiger partial charge < -0.3 is 19.5 Å². The summed E-state index contributed by atoms with van der Waals surface area (Å²) in [7, 11) is 1.98. The second kappa shape index (κ2) is 9.62. The Balaban J connectivity index is 1.28. The quantitative estimate of drug-likeness (QED) is 0.539. The molecule has 6 nitrogen and oxygen atoms in total. The van der Waals surface area contributed by atoms with Gasteiger partial charge in [-0.15, -0.1) is 0 Å². The number of carbonyl (C=O) groups excluding carboxylic acids is 1. The maximum atomic E-state index is 12.4. The molecule has 2 aromatic carbocycles. The van der Waals surface area contributed by atoms with Crippen molar-refractivity contribution in [2.24, 2.45) is 7.05 Å².